The first-order valence-corrected chi connectivity index (χ1v) is 7.82. The SMILES string of the molecule is CN(C)c1cccc(C(C#N)Cc2cccc3ccccc23)c1. The van der Waals surface area contributed by atoms with Crippen molar-refractivity contribution >= 4 is 16.5 Å². The van der Waals surface area contributed by atoms with Gasteiger partial charge in [0.15, 0.2) is 0 Å². The summed E-state index contributed by atoms with van der Waals surface area (Å²) in [5, 5.41) is 12.1. The minimum atomic E-state index is -0.138. The molecule has 3 aromatic rings. The van der Waals surface area contributed by atoms with Gasteiger partial charge in [-0.15, -0.1) is 0 Å². The van der Waals surface area contributed by atoms with Gasteiger partial charge in [0.25, 0.3) is 0 Å². The minimum absolute atomic E-state index is 0.138. The molecule has 0 aromatic heterocycles. The van der Waals surface area contributed by atoms with E-state index in [-0.39, 0.29) is 5.92 Å². The molecule has 0 radical (unpaired) electrons. The van der Waals surface area contributed by atoms with Crippen LogP contribution in [0.15, 0.2) is 66.7 Å². The van der Waals surface area contributed by atoms with Gasteiger partial charge in [-0.2, -0.15) is 5.26 Å². The Labute approximate surface area is 137 Å². The van der Waals surface area contributed by atoms with Gasteiger partial charge < -0.3 is 4.90 Å². The van der Waals surface area contributed by atoms with Crippen molar-refractivity contribution in [3.05, 3.63) is 77.9 Å². The summed E-state index contributed by atoms with van der Waals surface area (Å²) < 4.78 is 0. The van der Waals surface area contributed by atoms with Crippen LogP contribution in [0.2, 0.25) is 0 Å². The molecule has 0 heterocycles. The number of anilines is 1. The Morgan fingerprint density at radius 1 is 0.957 bits per heavy atom. The second-order valence-electron chi connectivity index (χ2n) is 6.01. The number of hydrogen-bond donors (Lipinski definition) is 0. The Morgan fingerprint density at radius 3 is 2.48 bits per heavy atom. The van der Waals surface area contributed by atoms with Crippen LogP contribution < -0.4 is 4.90 Å². The van der Waals surface area contributed by atoms with Gasteiger partial charge in [0.2, 0.25) is 0 Å². The highest BCUT2D eigenvalue weighted by molar-refractivity contribution is 5.85. The summed E-state index contributed by atoms with van der Waals surface area (Å²) in [6.07, 6.45) is 0.731. The summed E-state index contributed by atoms with van der Waals surface area (Å²) in [7, 11) is 4.04. The third-order valence-corrected chi connectivity index (χ3v) is 4.25. The molecule has 114 valence electrons. The van der Waals surface area contributed by atoms with E-state index in [4.69, 9.17) is 0 Å². The number of hydrogen-bond acceptors (Lipinski definition) is 2. The van der Waals surface area contributed by atoms with Gasteiger partial charge in [-0.1, -0.05) is 54.6 Å². The minimum Gasteiger partial charge on any atom is -0.378 e. The van der Waals surface area contributed by atoms with E-state index in [1.54, 1.807) is 0 Å². The topological polar surface area (TPSA) is 27.0 Å². The third-order valence-electron chi connectivity index (χ3n) is 4.25. The molecule has 0 bridgehead atoms. The van der Waals surface area contributed by atoms with Crippen LogP contribution in [0.5, 0.6) is 0 Å². The molecule has 0 fully saturated rings. The summed E-state index contributed by atoms with van der Waals surface area (Å²) >= 11 is 0. The Hall–Kier alpha value is -2.79. The predicted octanol–water partition coefficient (Wildman–Crippen LogP) is 4.76. The highest BCUT2D eigenvalue weighted by Gasteiger charge is 2.14. The zero-order valence-corrected chi connectivity index (χ0v) is 13.5. The van der Waals surface area contributed by atoms with Crippen LogP contribution in [-0.4, -0.2) is 14.1 Å². The quantitative estimate of drug-likeness (QED) is 0.695. The van der Waals surface area contributed by atoms with Crippen molar-refractivity contribution in [2.24, 2.45) is 0 Å². The summed E-state index contributed by atoms with van der Waals surface area (Å²) in [4.78, 5) is 2.07. The Bertz CT molecular complexity index is 854. The predicted molar refractivity (Wildman–Crippen MR) is 96.8 cm³/mol. The van der Waals surface area contributed by atoms with Crippen molar-refractivity contribution in [3.63, 3.8) is 0 Å². The van der Waals surface area contributed by atoms with Gasteiger partial charge in [-0.05, 0) is 40.5 Å². The van der Waals surface area contributed by atoms with Crippen LogP contribution in [0.25, 0.3) is 10.8 Å². The second-order valence-corrected chi connectivity index (χ2v) is 6.01. The number of nitriles is 1. The molecule has 0 N–H and O–H groups in total. The van der Waals surface area contributed by atoms with Crippen LogP contribution in [-0.2, 0) is 6.42 Å². The molecule has 3 rings (SSSR count). The van der Waals surface area contributed by atoms with Crippen LogP contribution in [0.4, 0.5) is 5.69 Å². The van der Waals surface area contributed by atoms with Crippen molar-refractivity contribution in [2.45, 2.75) is 12.3 Å². The van der Waals surface area contributed by atoms with E-state index in [1.165, 1.54) is 16.3 Å². The van der Waals surface area contributed by atoms with Gasteiger partial charge in [0.1, 0.15) is 0 Å². The molecule has 0 aliphatic rings. The van der Waals surface area contributed by atoms with Crippen LogP contribution in [0.1, 0.15) is 17.0 Å². The third kappa shape index (κ3) is 3.19. The molecule has 1 unspecified atom stereocenters. The second kappa shape index (κ2) is 6.54. The van der Waals surface area contributed by atoms with Crippen LogP contribution >= 0.6 is 0 Å². The zero-order valence-electron chi connectivity index (χ0n) is 13.5. The monoisotopic (exact) mass is 300 g/mol. The fourth-order valence-electron chi connectivity index (χ4n) is 2.95. The first-order chi connectivity index (χ1) is 11.2. The zero-order chi connectivity index (χ0) is 16.2. The Kier molecular flexibility index (Phi) is 4.30. The largest absolute Gasteiger partial charge is 0.378 e. The van der Waals surface area contributed by atoms with Crippen molar-refractivity contribution in [3.8, 4) is 6.07 Å². The molecule has 1 atom stereocenters. The maximum Gasteiger partial charge on any atom is 0.0754 e. The van der Waals surface area contributed by atoms with Crippen molar-refractivity contribution in [1.29, 1.82) is 5.26 Å². The van der Waals surface area contributed by atoms with E-state index in [0.29, 0.717) is 0 Å². The molecule has 0 amide bonds. The molecular formula is C21H20N2. The molecule has 23 heavy (non-hydrogen) atoms. The fourth-order valence-corrected chi connectivity index (χ4v) is 2.95. The van der Waals surface area contributed by atoms with Gasteiger partial charge in [0, 0.05) is 19.8 Å². The molecule has 0 aliphatic carbocycles. The molecule has 0 saturated heterocycles. The lowest BCUT2D eigenvalue weighted by Crippen LogP contribution is -2.09. The number of rotatable bonds is 4. The van der Waals surface area contributed by atoms with Gasteiger partial charge >= 0.3 is 0 Å². The highest BCUT2D eigenvalue weighted by atomic mass is 15.1. The first-order valence-electron chi connectivity index (χ1n) is 7.82. The first kappa shape index (κ1) is 15.1. The summed E-state index contributed by atoms with van der Waals surface area (Å²) in [5.74, 6) is -0.138. The lowest BCUT2D eigenvalue weighted by molar-refractivity contribution is 0.854. The van der Waals surface area contributed by atoms with E-state index in [2.05, 4.69) is 65.6 Å². The van der Waals surface area contributed by atoms with Gasteiger partial charge in [-0.3, -0.25) is 0 Å². The molecule has 2 nitrogen and oxygen atoms in total. The van der Waals surface area contributed by atoms with Gasteiger partial charge in [-0.25, -0.2) is 0 Å². The number of nitrogens with zero attached hydrogens (tertiary/aromatic N) is 2. The Morgan fingerprint density at radius 2 is 1.70 bits per heavy atom. The van der Waals surface area contributed by atoms with Crippen molar-refractivity contribution in [2.75, 3.05) is 19.0 Å². The maximum atomic E-state index is 9.68. The summed E-state index contributed by atoms with van der Waals surface area (Å²) in [5.41, 5.74) is 3.43. The Balaban J connectivity index is 1.96. The standard InChI is InChI=1S/C21H20N2/c1-23(2)20-11-6-9-17(14-20)19(15-22)13-18-10-5-8-16-7-3-4-12-21(16)18/h3-12,14,19H,13H2,1-2H3. The molecule has 3 aromatic carbocycles. The molecule has 0 saturated carbocycles. The molecule has 2 heteroatoms. The molecule has 0 spiro atoms. The maximum absolute atomic E-state index is 9.68. The molecule has 0 aliphatic heterocycles. The normalized spacial score (nSPS) is 11.9. The highest BCUT2D eigenvalue weighted by Crippen LogP contribution is 2.27. The summed E-state index contributed by atoms with van der Waals surface area (Å²) in [6, 6.07) is 25.4. The van der Waals surface area contributed by atoms with Gasteiger partial charge in [0.05, 0.1) is 12.0 Å². The van der Waals surface area contributed by atoms with E-state index in [0.717, 1.165) is 17.7 Å². The lowest BCUT2D eigenvalue weighted by Gasteiger charge is -2.16. The van der Waals surface area contributed by atoms with Crippen molar-refractivity contribution < 1.29 is 0 Å². The van der Waals surface area contributed by atoms with Crippen LogP contribution in [0, 0.1) is 11.3 Å². The number of benzene rings is 3. The van der Waals surface area contributed by atoms with E-state index >= 15 is 0 Å². The number of fused-ring (bicyclic) bond motifs is 1. The molecular weight excluding hydrogens is 280 g/mol. The van der Waals surface area contributed by atoms with E-state index in [9.17, 15) is 5.26 Å². The summed E-state index contributed by atoms with van der Waals surface area (Å²) in [6.45, 7) is 0. The average molecular weight is 300 g/mol. The fraction of sp³-hybridized carbons (Fsp3) is 0.190. The average Bonchev–Trinajstić information content (AvgIpc) is 2.60. The van der Waals surface area contributed by atoms with E-state index < -0.39 is 0 Å². The van der Waals surface area contributed by atoms with E-state index in [1.807, 2.05) is 26.2 Å². The smallest absolute Gasteiger partial charge is 0.0754 e. The lowest BCUT2D eigenvalue weighted by atomic mass is 9.90. The van der Waals surface area contributed by atoms with Crippen LogP contribution in [0.3, 0.4) is 0 Å². The van der Waals surface area contributed by atoms with Crippen molar-refractivity contribution in [1.82, 2.24) is 0 Å².